The second kappa shape index (κ2) is 8.01. The average molecular weight is 233 g/mol. The molecule has 0 aliphatic heterocycles. The van der Waals surface area contributed by atoms with Crippen LogP contribution in [0.5, 0.6) is 0 Å². The van der Waals surface area contributed by atoms with Crippen LogP contribution in [0.15, 0.2) is 0 Å². The molecule has 2 N–H and O–H groups in total. The first-order valence-corrected chi connectivity index (χ1v) is 6.02. The molecule has 4 nitrogen and oxygen atoms in total. The summed E-state index contributed by atoms with van der Waals surface area (Å²) in [5, 5.41) is 19.3. The van der Waals surface area contributed by atoms with E-state index in [0.29, 0.717) is 26.3 Å². The SMILES string of the molecule is CCCCOCC(O)CN(C)CC(C)(C)O. The lowest BCUT2D eigenvalue weighted by molar-refractivity contribution is -0.00205. The molecular weight excluding hydrogens is 206 g/mol. The number of nitrogens with zero attached hydrogens (tertiary/aromatic N) is 1. The van der Waals surface area contributed by atoms with Crippen molar-refractivity contribution in [2.75, 3.05) is 33.4 Å². The maximum atomic E-state index is 9.67. The van der Waals surface area contributed by atoms with E-state index in [2.05, 4.69) is 6.92 Å². The van der Waals surface area contributed by atoms with Crippen LogP contribution in [0.25, 0.3) is 0 Å². The Morgan fingerprint density at radius 2 is 2.00 bits per heavy atom. The van der Waals surface area contributed by atoms with Gasteiger partial charge in [-0.15, -0.1) is 0 Å². The van der Waals surface area contributed by atoms with Gasteiger partial charge in [-0.2, -0.15) is 0 Å². The minimum Gasteiger partial charge on any atom is -0.389 e. The summed E-state index contributed by atoms with van der Waals surface area (Å²) < 4.78 is 5.33. The molecule has 98 valence electrons. The molecule has 0 radical (unpaired) electrons. The van der Waals surface area contributed by atoms with Crippen LogP contribution >= 0.6 is 0 Å². The summed E-state index contributed by atoms with van der Waals surface area (Å²) in [6, 6.07) is 0. The predicted molar refractivity (Wildman–Crippen MR) is 65.5 cm³/mol. The second-order valence-corrected chi connectivity index (χ2v) is 5.09. The van der Waals surface area contributed by atoms with Crippen molar-refractivity contribution in [3.63, 3.8) is 0 Å². The topological polar surface area (TPSA) is 52.9 Å². The number of unbranched alkanes of at least 4 members (excludes halogenated alkanes) is 1. The van der Waals surface area contributed by atoms with Crippen molar-refractivity contribution in [3.05, 3.63) is 0 Å². The number of rotatable bonds is 9. The molecule has 0 saturated heterocycles. The first-order valence-electron chi connectivity index (χ1n) is 6.02. The molecule has 0 aliphatic rings. The molecule has 0 rings (SSSR count). The molecule has 0 aromatic carbocycles. The number of aliphatic hydroxyl groups excluding tert-OH is 1. The van der Waals surface area contributed by atoms with Crippen molar-refractivity contribution in [2.24, 2.45) is 0 Å². The van der Waals surface area contributed by atoms with Crippen LogP contribution in [0.4, 0.5) is 0 Å². The molecule has 0 aromatic rings. The van der Waals surface area contributed by atoms with Crippen molar-refractivity contribution in [1.82, 2.24) is 4.90 Å². The largest absolute Gasteiger partial charge is 0.389 e. The van der Waals surface area contributed by atoms with Crippen LogP contribution in [-0.2, 0) is 4.74 Å². The summed E-state index contributed by atoms with van der Waals surface area (Å²) in [6.45, 7) is 7.77. The highest BCUT2D eigenvalue weighted by Gasteiger charge is 2.17. The zero-order chi connectivity index (χ0) is 12.6. The van der Waals surface area contributed by atoms with Gasteiger partial charge in [0.1, 0.15) is 0 Å². The lowest BCUT2D eigenvalue weighted by atomic mass is 10.1. The van der Waals surface area contributed by atoms with Gasteiger partial charge in [-0.25, -0.2) is 0 Å². The van der Waals surface area contributed by atoms with Gasteiger partial charge in [0.2, 0.25) is 0 Å². The van der Waals surface area contributed by atoms with Gasteiger partial charge in [-0.1, -0.05) is 13.3 Å². The fourth-order valence-electron chi connectivity index (χ4n) is 1.60. The van der Waals surface area contributed by atoms with Crippen molar-refractivity contribution in [2.45, 2.75) is 45.3 Å². The number of hydrogen-bond donors (Lipinski definition) is 2. The zero-order valence-electron chi connectivity index (χ0n) is 11.1. The van der Waals surface area contributed by atoms with E-state index in [-0.39, 0.29) is 0 Å². The molecule has 0 fully saturated rings. The normalized spacial score (nSPS) is 14.4. The first kappa shape index (κ1) is 15.8. The third kappa shape index (κ3) is 10.4. The maximum Gasteiger partial charge on any atom is 0.0900 e. The Morgan fingerprint density at radius 3 is 2.50 bits per heavy atom. The van der Waals surface area contributed by atoms with Gasteiger partial charge >= 0.3 is 0 Å². The van der Waals surface area contributed by atoms with E-state index >= 15 is 0 Å². The molecule has 0 bridgehead atoms. The molecule has 0 aromatic heterocycles. The molecular formula is C12H27NO3. The second-order valence-electron chi connectivity index (χ2n) is 5.09. The molecule has 1 unspecified atom stereocenters. The predicted octanol–water partition coefficient (Wildman–Crippen LogP) is 0.867. The highest BCUT2D eigenvalue weighted by atomic mass is 16.5. The van der Waals surface area contributed by atoms with E-state index < -0.39 is 11.7 Å². The van der Waals surface area contributed by atoms with Gasteiger partial charge in [0.25, 0.3) is 0 Å². The Kier molecular flexibility index (Phi) is 7.93. The fourth-order valence-corrected chi connectivity index (χ4v) is 1.60. The van der Waals surface area contributed by atoms with E-state index in [0.717, 1.165) is 12.8 Å². The van der Waals surface area contributed by atoms with E-state index in [1.165, 1.54) is 0 Å². The van der Waals surface area contributed by atoms with E-state index in [1.807, 2.05) is 11.9 Å². The molecule has 4 heteroatoms. The van der Waals surface area contributed by atoms with Gasteiger partial charge in [0, 0.05) is 19.7 Å². The van der Waals surface area contributed by atoms with Crippen LogP contribution in [0, 0.1) is 0 Å². The fraction of sp³-hybridized carbons (Fsp3) is 1.00. The van der Waals surface area contributed by atoms with E-state index in [1.54, 1.807) is 13.8 Å². The lowest BCUT2D eigenvalue weighted by Gasteiger charge is -2.27. The number of aliphatic hydroxyl groups is 2. The number of ether oxygens (including phenoxy) is 1. The Bertz CT molecular complexity index is 168. The maximum absolute atomic E-state index is 9.67. The first-order chi connectivity index (χ1) is 7.35. The zero-order valence-corrected chi connectivity index (χ0v) is 11.1. The average Bonchev–Trinajstić information content (AvgIpc) is 2.09. The van der Waals surface area contributed by atoms with Crippen LogP contribution < -0.4 is 0 Å². The highest BCUT2D eigenvalue weighted by Crippen LogP contribution is 2.03. The number of hydrogen-bond acceptors (Lipinski definition) is 4. The van der Waals surface area contributed by atoms with E-state index in [9.17, 15) is 10.2 Å². The summed E-state index contributed by atoms with van der Waals surface area (Å²) in [4.78, 5) is 1.91. The third-order valence-corrected chi connectivity index (χ3v) is 2.13. The van der Waals surface area contributed by atoms with Crippen molar-refractivity contribution < 1.29 is 14.9 Å². The molecule has 0 heterocycles. The van der Waals surface area contributed by atoms with Crippen LogP contribution in [-0.4, -0.2) is 60.2 Å². The highest BCUT2D eigenvalue weighted by molar-refractivity contribution is 4.71. The van der Waals surface area contributed by atoms with Crippen molar-refractivity contribution in [1.29, 1.82) is 0 Å². The monoisotopic (exact) mass is 233 g/mol. The summed E-state index contributed by atoms with van der Waals surface area (Å²) >= 11 is 0. The molecule has 0 saturated carbocycles. The number of likely N-dealkylation sites (N-methyl/N-ethyl adjacent to an activating group) is 1. The Labute approximate surface area is 99.2 Å². The van der Waals surface area contributed by atoms with Crippen molar-refractivity contribution >= 4 is 0 Å². The molecule has 0 aliphatic carbocycles. The Hall–Kier alpha value is -0.160. The summed E-state index contributed by atoms with van der Waals surface area (Å²) in [7, 11) is 1.88. The summed E-state index contributed by atoms with van der Waals surface area (Å²) in [6.07, 6.45) is 1.66. The summed E-state index contributed by atoms with van der Waals surface area (Å²) in [5.41, 5.74) is -0.725. The van der Waals surface area contributed by atoms with Crippen LogP contribution in [0.3, 0.4) is 0 Å². The quantitative estimate of drug-likeness (QED) is 0.580. The van der Waals surface area contributed by atoms with Crippen LogP contribution in [0.1, 0.15) is 33.6 Å². The van der Waals surface area contributed by atoms with E-state index in [4.69, 9.17) is 4.74 Å². The summed E-state index contributed by atoms with van der Waals surface area (Å²) in [5.74, 6) is 0. The minimum absolute atomic E-state index is 0.371. The smallest absolute Gasteiger partial charge is 0.0900 e. The Balaban J connectivity index is 3.58. The lowest BCUT2D eigenvalue weighted by Crippen LogP contribution is -2.41. The van der Waals surface area contributed by atoms with Gasteiger partial charge in [-0.3, -0.25) is 0 Å². The van der Waals surface area contributed by atoms with Gasteiger partial charge in [-0.05, 0) is 27.3 Å². The third-order valence-electron chi connectivity index (χ3n) is 2.13. The molecule has 0 spiro atoms. The van der Waals surface area contributed by atoms with Gasteiger partial charge in [0.15, 0.2) is 0 Å². The van der Waals surface area contributed by atoms with Crippen molar-refractivity contribution in [3.8, 4) is 0 Å². The van der Waals surface area contributed by atoms with Crippen LogP contribution in [0.2, 0.25) is 0 Å². The van der Waals surface area contributed by atoms with Gasteiger partial charge < -0.3 is 19.8 Å². The Morgan fingerprint density at radius 1 is 1.38 bits per heavy atom. The molecule has 1 atom stereocenters. The molecule has 0 amide bonds. The molecule has 16 heavy (non-hydrogen) atoms. The standard InChI is InChI=1S/C12H27NO3/c1-5-6-7-16-9-11(14)8-13(4)10-12(2,3)15/h11,14-15H,5-10H2,1-4H3. The van der Waals surface area contributed by atoms with Gasteiger partial charge in [0.05, 0.1) is 18.3 Å². The minimum atomic E-state index is -0.725.